The molecule has 0 radical (unpaired) electrons. The average Bonchev–Trinajstić information content (AvgIpc) is 2.47. The van der Waals surface area contributed by atoms with Crippen molar-refractivity contribution in [1.29, 1.82) is 0 Å². The van der Waals surface area contributed by atoms with E-state index in [1.165, 1.54) is 24.5 Å². The summed E-state index contributed by atoms with van der Waals surface area (Å²) in [5.41, 5.74) is -0.553. The molecule has 0 unspecified atom stereocenters. The molecular formula is C14H11F3N2O3. The van der Waals surface area contributed by atoms with E-state index in [0.717, 1.165) is 12.1 Å². The van der Waals surface area contributed by atoms with Crippen LogP contribution in [0.3, 0.4) is 0 Å². The predicted octanol–water partition coefficient (Wildman–Crippen LogP) is 3.02. The number of alkyl halides is 3. The van der Waals surface area contributed by atoms with Gasteiger partial charge in [-0.25, -0.2) is 9.97 Å². The molecule has 0 bridgehead atoms. The molecule has 1 aromatic heterocycles. The zero-order valence-corrected chi connectivity index (χ0v) is 11.2. The van der Waals surface area contributed by atoms with E-state index in [4.69, 9.17) is 9.84 Å². The molecular weight excluding hydrogens is 301 g/mol. The number of aromatic nitrogens is 2. The highest BCUT2D eigenvalue weighted by atomic mass is 19.4. The van der Waals surface area contributed by atoms with Crippen LogP contribution in [0.2, 0.25) is 0 Å². The topological polar surface area (TPSA) is 72.3 Å². The van der Waals surface area contributed by atoms with Crippen molar-refractivity contribution >= 4 is 5.97 Å². The lowest BCUT2D eigenvalue weighted by Crippen LogP contribution is -2.06. The molecule has 116 valence electrons. The minimum atomic E-state index is -4.43. The number of carboxylic acids is 1. The van der Waals surface area contributed by atoms with Crippen LogP contribution in [-0.4, -0.2) is 27.7 Å². The molecule has 2 aromatic rings. The summed E-state index contributed by atoms with van der Waals surface area (Å²) in [7, 11) is 0. The summed E-state index contributed by atoms with van der Waals surface area (Å²) >= 11 is 0. The smallest absolute Gasteiger partial charge is 0.416 e. The van der Waals surface area contributed by atoms with Crippen molar-refractivity contribution < 1.29 is 27.8 Å². The van der Waals surface area contributed by atoms with Crippen LogP contribution in [0.15, 0.2) is 36.7 Å². The number of aliphatic carboxylic acids is 1. The average molecular weight is 312 g/mol. The quantitative estimate of drug-likeness (QED) is 0.919. The summed E-state index contributed by atoms with van der Waals surface area (Å²) in [6, 6.07) is 4.67. The number of benzene rings is 1. The molecule has 1 N–H and O–H groups in total. The second kappa shape index (κ2) is 6.42. The maximum Gasteiger partial charge on any atom is 0.416 e. The molecule has 0 aliphatic heterocycles. The van der Waals surface area contributed by atoms with Gasteiger partial charge in [0.15, 0.2) is 11.6 Å². The number of rotatable bonds is 5. The molecule has 0 atom stereocenters. The third kappa shape index (κ3) is 4.18. The van der Waals surface area contributed by atoms with Gasteiger partial charge in [-0.3, -0.25) is 4.79 Å². The van der Waals surface area contributed by atoms with Crippen molar-refractivity contribution in [3.63, 3.8) is 0 Å². The fraction of sp³-hybridized carbons (Fsp3) is 0.214. The second-order valence-corrected chi connectivity index (χ2v) is 4.31. The van der Waals surface area contributed by atoms with Gasteiger partial charge in [0.1, 0.15) is 0 Å². The summed E-state index contributed by atoms with van der Waals surface area (Å²) in [5.74, 6) is -0.629. The van der Waals surface area contributed by atoms with Crippen LogP contribution in [0.25, 0.3) is 11.4 Å². The molecule has 2 rings (SSSR count). The van der Waals surface area contributed by atoms with Crippen LogP contribution in [0.5, 0.6) is 5.75 Å². The van der Waals surface area contributed by atoms with E-state index in [0.29, 0.717) is 0 Å². The molecule has 5 nitrogen and oxygen atoms in total. The molecule has 0 saturated heterocycles. The van der Waals surface area contributed by atoms with E-state index in [-0.39, 0.29) is 30.2 Å². The Balaban J connectivity index is 2.12. The zero-order chi connectivity index (χ0) is 16.2. The number of nitrogens with zero attached hydrogens (tertiary/aromatic N) is 2. The molecule has 1 heterocycles. The van der Waals surface area contributed by atoms with Gasteiger partial charge in [0.25, 0.3) is 0 Å². The Bertz CT molecular complexity index is 657. The lowest BCUT2D eigenvalue weighted by Gasteiger charge is -2.08. The molecule has 8 heteroatoms. The molecule has 0 fully saturated rings. The SMILES string of the molecule is O=C(O)CCOc1cnc(-c2cccc(C(F)(F)F)c2)nc1. The molecule has 0 saturated carbocycles. The largest absolute Gasteiger partial charge is 0.490 e. The van der Waals surface area contributed by atoms with Gasteiger partial charge in [0.2, 0.25) is 0 Å². The van der Waals surface area contributed by atoms with Gasteiger partial charge in [-0.15, -0.1) is 0 Å². The van der Waals surface area contributed by atoms with Crippen molar-refractivity contribution in [2.75, 3.05) is 6.61 Å². The minimum absolute atomic E-state index is 0.0401. The first kappa shape index (κ1) is 15.7. The van der Waals surface area contributed by atoms with E-state index < -0.39 is 17.7 Å². The Morgan fingerprint density at radius 1 is 1.23 bits per heavy atom. The van der Waals surface area contributed by atoms with Crippen molar-refractivity contribution in [3.05, 3.63) is 42.2 Å². The second-order valence-electron chi connectivity index (χ2n) is 4.31. The third-order valence-electron chi connectivity index (χ3n) is 2.66. The van der Waals surface area contributed by atoms with E-state index in [1.807, 2.05) is 0 Å². The van der Waals surface area contributed by atoms with Gasteiger partial charge in [0.05, 0.1) is 31.0 Å². The Morgan fingerprint density at radius 3 is 2.50 bits per heavy atom. The first-order valence-electron chi connectivity index (χ1n) is 6.20. The molecule has 0 aliphatic carbocycles. The number of carboxylic acid groups (broad SMARTS) is 1. The van der Waals surface area contributed by atoms with Crippen LogP contribution in [0, 0.1) is 0 Å². The van der Waals surface area contributed by atoms with Crippen LogP contribution < -0.4 is 4.74 Å². The fourth-order valence-electron chi connectivity index (χ4n) is 1.63. The highest BCUT2D eigenvalue weighted by Gasteiger charge is 2.30. The summed E-state index contributed by atoms with van der Waals surface area (Å²) in [6.07, 6.45) is -2.04. The van der Waals surface area contributed by atoms with Crippen LogP contribution >= 0.6 is 0 Å². The van der Waals surface area contributed by atoms with E-state index in [9.17, 15) is 18.0 Å². The first-order chi connectivity index (χ1) is 10.4. The van der Waals surface area contributed by atoms with Crippen molar-refractivity contribution in [1.82, 2.24) is 9.97 Å². The number of halogens is 3. The predicted molar refractivity (Wildman–Crippen MR) is 70.2 cm³/mol. The van der Waals surface area contributed by atoms with Gasteiger partial charge in [-0.2, -0.15) is 13.2 Å². The van der Waals surface area contributed by atoms with Crippen LogP contribution in [-0.2, 0) is 11.0 Å². The van der Waals surface area contributed by atoms with E-state index >= 15 is 0 Å². The Labute approximate surface area is 123 Å². The molecule has 0 amide bonds. The maximum atomic E-state index is 12.6. The monoisotopic (exact) mass is 312 g/mol. The Morgan fingerprint density at radius 2 is 1.91 bits per heavy atom. The molecule has 0 spiro atoms. The zero-order valence-electron chi connectivity index (χ0n) is 11.2. The van der Waals surface area contributed by atoms with E-state index in [1.54, 1.807) is 0 Å². The molecule has 0 aliphatic rings. The van der Waals surface area contributed by atoms with Crippen LogP contribution in [0.4, 0.5) is 13.2 Å². The number of hydrogen-bond donors (Lipinski definition) is 1. The van der Waals surface area contributed by atoms with Gasteiger partial charge in [-0.05, 0) is 12.1 Å². The lowest BCUT2D eigenvalue weighted by molar-refractivity contribution is -0.138. The van der Waals surface area contributed by atoms with Crippen molar-refractivity contribution in [2.24, 2.45) is 0 Å². The van der Waals surface area contributed by atoms with Gasteiger partial charge in [0, 0.05) is 5.56 Å². The number of hydrogen-bond acceptors (Lipinski definition) is 4. The van der Waals surface area contributed by atoms with Gasteiger partial charge < -0.3 is 9.84 Å². The third-order valence-corrected chi connectivity index (χ3v) is 2.66. The molecule has 22 heavy (non-hydrogen) atoms. The van der Waals surface area contributed by atoms with Gasteiger partial charge in [-0.1, -0.05) is 12.1 Å². The van der Waals surface area contributed by atoms with Crippen LogP contribution in [0.1, 0.15) is 12.0 Å². The summed E-state index contributed by atoms with van der Waals surface area (Å²) < 4.78 is 43.0. The van der Waals surface area contributed by atoms with E-state index in [2.05, 4.69) is 9.97 Å². The summed E-state index contributed by atoms with van der Waals surface area (Å²) in [5, 5.41) is 8.47. The Hall–Kier alpha value is -2.64. The first-order valence-corrected chi connectivity index (χ1v) is 6.20. The highest BCUT2D eigenvalue weighted by Crippen LogP contribution is 2.31. The van der Waals surface area contributed by atoms with Crippen molar-refractivity contribution in [2.45, 2.75) is 12.6 Å². The summed E-state index contributed by atoms with van der Waals surface area (Å²) in [6.45, 7) is -0.0401. The summed E-state index contributed by atoms with van der Waals surface area (Å²) in [4.78, 5) is 18.2. The minimum Gasteiger partial charge on any atom is -0.490 e. The standard InChI is InChI=1S/C14H11F3N2O3/c15-14(16,17)10-3-1-2-9(6-10)13-18-7-11(8-19-13)22-5-4-12(20)21/h1-3,6-8H,4-5H2,(H,20,21). The number of ether oxygens (including phenoxy) is 1. The fourth-order valence-corrected chi connectivity index (χ4v) is 1.63. The molecule has 1 aromatic carbocycles. The van der Waals surface area contributed by atoms with Gasteiger partial charge >= 0.3 is 12.1 Å². The maximum absolute atomic E-state index is 12.6. The van der Waals surface area contributed by atoms with Crippen molar-refractivity contribution in [3.8, 4) is 17.1 Å². The normalized spacial score (nSPS) is 11.2. The lowest BCUT2D eigenvalue weighted by atomic mass is 10.1. The number of carbonyl (C=O) groups is 1. The highest BCUT2D eigenvalue weighted by molar-refractivity contribution is 5.66. The Kier molecular flexibility index (Phi) is 4.59.